The maximum absolute atomic E-state index is 13.5. The molecule has 31 heavy (non-hydrogen) atoms. The number of halogens is 1. The predicted octanol–water partition coefficient (Wildman–Crippen LogP) is 2.03. The number of carbonyl (C=O) groups excluding carboxylic acids is 2. The van der Waals surface area contributed by atoms with Gasteiger partial charge in [-0.05, 0) is 31.0 Å². The van der Waals surface area contributed by atoms with E-state index in [1.54, 1.807) is 12.1 Å². The molecule has 1 aromatic carbocycles. The van der Waals surface area contributed by atoms with Crippen LogP contribution in [0.3, 0.4) is 0 Å². The lowest BCUT2D eigenvalue weighted by Crippen LogP contribution is -2.57. The first-order valence-electron chi connectivity index (χ1n) is 10.3. The summed E-state index contributed by atoms with van der Waals surface area (Å²) in [5.74, 6) is -6.73. The number of benzene rings is 1. The number of fused-ring (bicyclic) bond motifs is 1. The molecule has 3 fully saturated rings. The average Bonchev–Trinajstić information content (AvgIpc) is 3.18. The van der Waals surface area contributed by atoms with E-state index in [1.807, 2.05) is 0 Å². The predicted molar refractivity (Wildman–Crippen MR) is 110 cm³/mol. The second kappa shape index (κ2) is 7.90. The second-order valence-electron chi connectivity index (χ2n) is 8.51. The number of rotatable bonds is 5. The summed E-state index contributed by atoms with van der Waals surface area (Å²) >= 11 is 3.30. The first kappa shape index (κ1) is 21.8. The minimum Gasteiger partial charge on any atom is -0.508 e. The summed E-state index contributed by atoms with van der Waals surface area (Å²) in [6.07, 6.45) is 3.17. The molecule has 0 radical (unpaired) electrons. The van der Waals surface area contributed by atoms with E-state index in [9.17, 15) is 34.5 Å². The first-order valence-corrected chi connectivity index (χ1v) is 11.0. The molecule has 1 aromatic rings. The smallest absolute Gasteiger partial charge is 0.325 e. The Morgan fingerprint density at radius 3 is 2.42 bits per heavy atom. The third kappa shape index (κ3) is 3.41. The Morgan fingerprint density at radius 1 is 1.13 bits per heavy atom. The number of nitrogens with zero attached hydrogens (tertiary/aromatic N) is 1. The van der Waals surface area contributed by atoms with E-state index in [0.717, 1.165) is 19.3 Å². The van der Waals surface area contributed by atoms with Gasteiger partial charge in [0.2, 0.25) is 11.8 Å². The molecule has 1 aliphatic carbocycles. The summed E-state index contributed by atoms with van der Waals surface area (Å²) in [5, 5.41) is 32.7. The van der Waals surface area contributed by atoms with Crippen LogP contribution in [0.1, 0.15) is 50.1 Å². The van der Waals surface area contributed by atoms with Gasteiger partial charge in [0.05, 0.1) is 18.3 Å². The third-order valence-electron chi connectivity index (χ3n) is 6.76. The van der Waals surface area contributed by atoms with Crippen molar-refractivity contribution in [1.29, 1.82) is 0 Å². The Bertz CT molecular complexity index is 961. The highest BCUT2D eigenvalue weighted by atomic mass is 79.9. The quantitative estimate of drug-likeness (QED) is 0.455. The molecule has 1 saturated carbocycles. The SMILES string of the molecule is O=C(O)CC1(C(=O)O)NC(c2cc(Br)ccc2O)C2C(=O)N(C3CCCCC3)C(=O)C21. The van der Waals surface area contributed by atoms with Gasteiger partial charge >= 0.3 is 11.9 Å². The van der Waals surface area contributed by atoms with Crippen LogP contribution in [0.25, 0.3) is 0 Å². The molecule has 166 valence electrons. The van der Waals surface area contributed by atoms with Crippen molar-refractivity contribution in [2.75, 3.05) is 0 Å². The summed E-state index contributed by atoms with van der Waals surface area (Å²) < 4.78 is 0.589. The Kier molecular flexibility index (Phi) is 5.55. The van der Waals surface area contributed by atoms with Crippen molar-refractivity contribution in [3.63, 3.8) is 0 Å². The second-order valence-corrected chi connectivity index (χ2v) is 9.43. The number of hydrogen-bond donors (Lipinski definition) is 4. The van der Waals surface area contributed by atoms with Crippen molar-refractivity contribution in [2.24, 2.45) is 11.8 Å². The van der Waals surface area contributed by atoms with Gasteiger partial charge in [-0.15, -0.1) is 0 Å². The molecular formula is C21H23BrN2O7. The van der Waals surface area contributed by atoms with E-state index in [2.05, 4.69) is 21.2 Å². The number of nitrogens with one attached hydrogen (secondary N) is 1. The van der Waals surface area contributed by atoms with Gasteiger partial charge in [0, 0.05) is 22.1 Å². The van der Waals surface area contributed by atoms with Crippen LogP contribution in [0.5, 0.6) is 5.75 Å². The zero-order valence-corrected chi connectivity index (χ0v) is 18.2. The minimum atomic E-state index is -2.16. The number of aromatic hydroxyl groups is 1. The van der Waals surface area contributed by atoms with Crippen LogP contribution < -0.4 is 5.32 Å². The third-order valence-corrected chi connectivity index (χ3v) is 7.26. The number of amides is 2. The number of aliphatic carboxylic acids is 2. The van der Waals surface area contributed by atoms with Crippen LogP contribution in [0, 0.1) is 11.8 Å². The zero-order chi connectivity index (χ0) is 22.5. The fraction of sp³-hybridized carbons (Fsp3) is 0.524. The number of carboxylic acid groups (broad SMARTS) is 2. The molecule has 4 atom stereocenters. The van der Waals surface area contributed by atoms with Crippen molar-refractivity contribution in [1.82, 2.24) is 10.2 Å². The molecule has 0 bridgehead atoms. The lowest BCUT2D eigenvalue weighted by molar-refractivity contribution is -0.156. The molecule has 0 spiro atoms. The summed E-state index contributed by atoms with van der Waals surface area (Å²) in [4.78, 5) is 52.2. The largest absolute Gasteiger partial charge is 0.508 e. The van der Waals surface area contributed by atoms with E-state index in [-0.39, 0.29) is 17.4 Å². The van der Waals surface area contributed by atoms with Crippen molar-refractivity contribution >= 4 is 39.7 Å². The maximum Gasteiger partial charge on any atom is 0.325 e. The average molecular weight is 495 g/mol. The zero-order valence-electron chi connectivity index (χ0n) is 16.6. The van der Waals surface area contributed by atoms with Crippen molar-refractivity contribution in [2.45, 2.75) is 56.1 Å². The van der Waals surface area contributed by atoms with Crippen LogP contribution in [0.4, 0.5) is 0 Å². The molecule has 3 aliphatic rings. The van der Waals surface area contributed by atoms with Gasteiger partial charge in [-0.25, -0.2) is 0 Å². The van der Waals surface area contributed by atoms with Gasteiger partial charge in [-0.3, -0.25) is 29.4 Å². The highest BCUT2D eigenvalue weighted by molar-refractivity contribution is 9.10. The van der Waals surface area contributed by atoms with Crippen LogP contribution >= 0.6 is 15.9 Å². The Morgan fingerprint density at radius 2 is 1.81 bits per heavy atom. The van der Waals surface area contributed by atoms with Gasteiger partial charge in [-0.1, -0.05) is 35.2 Å². The molecule has 4 unspecified atom stereocenters. The molecule has 2 aliphatic heterocycles. The van der Waals surface area contributed by atoms with E-state index in [0.29, 0.717) is 17.3 Å². The molecule has 4 N–H and O–H groups in total. The van der Waals surface area contributed by atoms with E-state index >= 15 is 0 Å². The first-order chi connectivity index (χ1) is 14.7. The number of hydrogen-bond acceptors (Lipinski definition) is 6. The van der Waals surface area contributed by atoms with Gasteiger partial charge in [0.15, 0.2) is 0 Å². The maximum atomic E-state index is 13.5. The number of likely N-dealkylation sites (tertiary alicyclic amines) is 1. The van der Waals surface area contributed by atoms with Crippen LogP contribution in [0.15, 0.2) is 22.7 Å². The molecule has 2 heterocycles. The number of carbonyl (C=O) groups is 4. The highest BCUT2D eigenvalue weighted by Crippen LogP contribution is 2.52. The number of phenols is 1. The Labute approximate surface area is 186 Å². The molecule has 2 amide bonds. The summed E-state index contributed by atoms with van der Waals surface area (Å²) in [5.41, 5.74) is -1.92. The van der Waals surface area contributed by atoms with Gasteiger partial charge in [-0.2, -0.15) is 0 Å². The Balaban J connectivity index is 1.85. The minimum absolute atomic E-state index is 0.174. The van der Waals surface area contributed by atoms with Crippen molar-refractivity contribution < 1.29 is 34.5 Å². The highest BCUT2D eigenvalue weighted by Gasteiger charge is 2.69. The topological polar surface area (TPSA) is 144 Å². The fourth-order valence-electron chi connectivity index (χ4n) is 5.44. The monoisotopic (exact) mass is 494 g/mol. The summed E-state index contributed by atoms with van der Waals surface area (Å²) in [6.45, 7) is 0. The van der Waals surface area contributed by atoms with Gasteiger partial charge in [0.1, 0.15) is 11.3 Å². The summed E-state index contributed by atoms with van der Waals surface area (Å²) in [7, 11) is 0. The summed E-state index contributed by atoms with van der Waals surface area (Å²) in [6, 6.07) is 3.19. The van der Waals surface area contributed by atoms with Crippen LogP contribution in [-0.4, -0.2) is 55.6 Å². The van der Waals surface area contributed by atoms with E-state index in [1.165, 1.54) is 11.0 Å². The lowest BCUT2D eigenvalue weighted by Gasteiger charge is -2.34. The van der Waals surface area contributed by atoms with E-state index in [4.69, 9.17) is 0 Å². The molecule has 2 saturated heterocycles. The van der Waals surface area contributed by atoms with Crippen molar-refractivity contribution in [3.8, 4) is 5.75 Å². The number of phenolic OH excluding ortho intramolecular Hbond substituents is 1. The Hall–Kier alpha value is -2.46. The molecular weight excluding hydrogens is 472 g/mol. The van der Waals surface area contributed by atoms with Crippen LogP contribution in [-0.2, 0) is 19.2 Å². The van der Waals surface area contributed by atoms with Gasteiger partial charge in [0.25, 0.3) is 0 Å². The lowest BCUT2D eigenvalue weighted by atomic mass is 9.77. The fourth-order valence-corrected chi connectivity index (χ4v) is 5.82. The standard InChI is InChI=1S/C21H23BrN2O7/c22-10-6-7-13(25)12(8-10)17-15-16(21(23-17,20(30)31)9-14(26)27)19(29)24(18(15)28)11-4-2-1-3-5-11/h6-8,11,15-17,23,25H,1-5,9H2,(H,26,27)(H,30,31). The molecule has 9 nitrogen and oxygen atoms in total. The van der Waals surface area contributed by atoms with Crippen molar-refractivity contribution in [3.05, 3.63) is 28.2 Å². The number of imide groups is 1. The molecule has 10 heteroatoms. The normalized spacial score (nSPS) is 31.1. The van der Waals surface area contributed by atoms with Gasteiger partial charge < -0.3 is 15.3 Å². The molecule has 0 aromatic heterocycles. The number of carboxylic acids is 2. The van der Waals surface area contributed by atoms with E-state index < -0.39 is 53.6 Å². The molecule has 4 rings (SSSR count). The van der Waals surface area contributed by atoms with Crippen LogP contribution in [0.2, 0.25) is 0 Å².